The van der Waals surface area contributed by atoms with Crippen LogP contribution >= 0.6 is 23.4 Å². The number of nitrogens with one attached hydrogen (secondary N) is 3. The van der Waals surface area contributed by atoms with Gasteiger partial charge < -0.3 is 20.4 Å². The van der Waals surface area contributed by atoms with E-state index < -0.39 is 26.5 Å². The number of rotatable bonds is 18. The molecule has 0 unspecified atom stereocenters. The molecule has 3 saturated heterocycles. The molecule has 0 saturated carbocycles. The summed E-state index contributed by atoms with van der Waals surface area (Å²) in [7, 11) is -0.517. The van der Waals surface area contributed by atoms with Gasteiger partial charge in [0, 0.05) is 78.3 Å². The first-order chi connectivity index (χ1) is 32.8. The zero-order chi connectivity index (χ0) is 47.7. The number of carbonyl (C=O) groups is 1. The number of amides is 1. The van der Waals surface area contributed by atoms with Crippen LogP contribution in [0.2, 0.25) is 5.02 Å². The molecular formula is C52H63ClN8O5S2. The van der Waals surface area contributed by atoms with E-state index in [0.29, 0.717) is 17.6 Å². The first-order valence-electron chi connectivity index (χ1n) is 23.6. The van der Waals surface area contributed by atoms with Gasteiger partial charge in [-0.3, -0.25) is 24.7 Å². The van der Waals surface area contributed by atoms with Gasteiger partial charge >= 0.3 is 0 Å². The number of carbonyl (C=O) groups excluding carboxylic acids is 1. The summed E-state index contributed by atoms with van der Waals surface area (Å²) in [6.45, 7) is 10.4. The summed E-state index contributed by atoms with van der Waals surface area (Å²) >= 11 is 7.93. The highest BCUT2D eigenvalue weighted by molar-refractivity contribution is 7.99. The first-order valence-corrected chi connectivity index (χ1v) is 26.5. The summed E-state index contributed by atoms with van der Waals surface area (Å²) < 4.78 is 29.1. The zero-order valence-corrected chi connectivity index (χ0v) is 41.4. The number of likely N-dealkylation sites (tertiary alicyclic amines) is 1. The number of anilines is 2. The number of hydrogen-bond donors (Lipinski definition) is 3. The monoisotopic (exact) mass is 978 g/mol. The molecule has 1 spiro atoms. The van der Waals surface area contributed by atoms with Crippen LogP contribution in [-0.2, 0) is 23.1 Å². The molecule has 13 nitrogen and oxygen atoms in total. The summed E-state index contributed by atoms with van der Waals surface area (Å²) in [5.41, 5.74) is 6.45. The lowest BCUT2D eigenvalue weighted by molar-refractivity contribution is -0.384. The SMILES string of the molecule is CN(C)CC[C@H](CSc1ccccc1)Nc1ccc(S(=O)(=O)NC(=O)c2ccc(N3CCN(Cc4cc(CN5CCC6(CCNCC6)CC5)ccc4-c4ccc(Cl)cc4)CC3)cc2)cc1[N+](=O)[O-]. The summed E-state index contributed by atoms with van der Waals surface area (Å²) in [6, 6.07) is 35.4. The lowest BCUT2D eigenvalue weighted by Crippen LogP contribution is -2.46. The Labute approximate surface area is 410 Å². The summed E-state index contributed by atoms with van der Waals surface area (Å²) in [4.78, 5) is 35.2. The number of benzene rings is 5. The van der Waals surface area contributed by atoms with Gasteiger partial charge in [0.2, 0.25) is 0 Å². The first kappa shape index (κ1) is 49.4. The van der Waals surface area contributed by atoms with Crippen LogP contribution in [0.4, 0.5) is 17.1 Å². The fourth-order valence-electron chi connectivity index (χ4n) is 9.65. The number of halogens is 1. The van der Waals surface area contributed by atoms with Crippen molar-refractivity contribution >= 4 is 56.4 Å². The van der Waals surface area contributed by atoms with E-state index in [1.807, 2.05) is 73.6 Å². The van der Waals surface area contributed by atoms with Crippen molar-refractivity contribution in [1.82, 2.24) is 24.7 Å². The van der Waals surface area contributed by atoms with Gasteiger partial charge in [-0.25, -0.2) is 13.1 Å². The van der Waals surface area contributed by atoms with Gasteiger partial charge in [-0.15, -0.1) is 11.8 Å². The van der Waals surface area contributed by atoms with E-state index in [0.717, 1.165) is 99.2 Å². The van der Waals surface area contributed by atoms with Crippen molar-refractivity contribution in [3.05, 3.63) is 147 Å². The maximum Gasteiger partial charge on any atom is 0.293 e. The Kier molecular flexibility index (Phi) is 16.4. The molecule has 3 fully saturated rings. The molecule has 68 heavy (non-hydrogen) atoms. The topological polar surface area (TPSA) is 143 Å². The minimum Gasteiger partial charge on any atom is -0.376 e. The number of sulfonamides is 1. The molecule has 1 amide bonds. The van der Waals surface area contributed by atoms with Crippen molar-refractivity contribution in [3.63, 3.8) is 0 Å². The van der Waals surface area contributed by atoms with Gasteiger partial charge in [0.25, 0.3) is 21.6 Å². The van der Waals surface area contributed by atoms with E-state index in [-0.39, 0.29) is 22.2 Å². The molecule has 0 aliphatic carbocycles. The number of thioether (sulfide) groups is 1. The molecule has 0 bridgehead atoms. The van der Waals surface area contributed by atoms with E-state index in [2.05, 4.69) is 60.4 Å². The molecule has 5 aromatic carbocycles. The van der Waals surface area contributed by atoms with Crippen LogP contribution in [0.15, 0.2) is 125 Å². The Morgan fingerprint density at radius 2 is 1.53 bits per heavy atom. The van der Waals surface area contributed by atoms with Crippen molar-refractivity contribution in [2.45, 2.75) is 61.0 Å². The minimum absolute atomic E-state index is 0.144. The van der Waals surface area contributed by atoms with Gasteiger partial charge in [0.1, 0.15) is 5.69 Å². The number of piperidine rings is 2. The van der Waals surface area contributed by atoms with Crippen LogP contribution in [0, 0.1) is 15.5 Å². The second-order valence-corrected chi connectivity index (χ2v) is 22.0. The average Bonchev–Trinajstić information content (AvgIpc) is 3.34. The predicted octanol–water partition coefficient (Wildman–Crippen LogP) is 8.85. The predicted molar refractivity (Wildman–Crippen MR) is 275 cm³/mol. The maximum absolute atomic E-state index is 13.5. The fraction of sp³-hybridized carbons (Fsp3) is 0.404. The van der Waals surface area contributed by atoms with Crippen molar-refractivity contribution in [2.24, 2.45) is 5.41 Å². The standard InChI is InChI=1S/C52H63ClN8O5S2/c1-57(2)27-20-44(38-67-46-6-4-3-5-7-46)55-49-19-17-47(35-50(49)61(63)64)68(65,66)56-51(62)41-11-15-45(16-12-41)60-32-30-59(31-33-60)37-42-34-39(8-18-48(42)40-9-13-43(53)14-10-40)36-58-28-23-52(24-29-58)21-25-54-26-22-52/h3-19,34-35,44,54-55H,20-33,36-38H2,1-2H3,(H,56,62)/t44-/m1/s1. The van der Waals surface area contributed by atoms with Gasteiger partial charge in [-0.2, -0.15) is 0 Å². The Morgan fingerprint density at radius 1 is 0.838 bits per heavy atom. The van der Waals surface area contributed by atoms with Crippen LogP contribution in [0.25, 0.3) is 11.1 Å². The number of nitro benzene ring substituents is 1. The molecule has 3 aliphatic heterocycles. The number of nitro groups is 1. The summed E-state index contributed by atoms with van der Waals surface area (Å²) in [5.74, 6) is -0.183. The maximum atomic E-state index is 13.5. The van der Waals surface area contributed by atoms with Crippen LogP contribution in [0.5, 0.6) is 0 Å². The molecule has 16 heteroatoms. The van der Waals surface area contributed by atoms with E-state index in [4.69, 9.17) is 11.6 Å². The Bertz CT molecular complexity index is 2600. The Hall–Kier alpha value is -5.00. The van der Waals surface area contributed by atoms with Gasteiger partial charge in [-0.1, -0.05) is 60.1 Å². The molecule has 360 valence electrons. The van der Waals surface area contributed by atoms with Crippen molar-refractivity contribution in [1.29, 1.82) is 0 Å². The van der Waals surface area contributed by atoms with Crippen molar-refractivity contribution in [2.75, 3.05) is 89.0 Å². The number of piperazine rings is 1. The third kappa shape index (κ3) is 13.0. The highest BCUT2D eigenvalue weighted by Crippen LogP contribution is 2.40. The quantitative estimate of drug-likeness (QED) is 0.0439. The smallest absolute Gasteiger partial charge is 0.293 e. The Balaban J connectivity index is 0.873. The average molecular weight is 980 g/mol. The second kappa shape index (κ2) is 22.6. The van der Waals surface area contributed by atoms with Crippen LogP contribution in [0.1, 0.15) is 53.6 Å². The largest absolute Gasteiger partial charge is 0.376 e. The van der Waals surface area contributed by atoms with Gasteiger partial charge in [0.15, 0.2) is 0 Å². The second-order valence-electron chi connectivity index (χ2n) is 18.8. The molecule has 3 N–H and O–H groups in total. The van der Waals surface area contributed by atoms with E-state index >= 15 is 0 Å². The molecule has 8 rings (SSSR count). The molecular weight excluding hydrogens is 916 g/mol. The van der Waals surface area contributed by atoms with Gasteiger partial charge in [-0.05, 0) is 167 Å². The highest BCUT2D eigenvalue weighted by Gasteiger charge is 2.35. The number of hydrogen-bond acceptors (Lipinski definition) is 12. The third-order valence-electron chi connectivity index (χ3n) is 13.8. The third-order valence-corrected chi connectivity index (χ3v) is 16.5. The highest BCUT2D eigenvalue weighted by atomic mass is 35.5. The molecule has 3 aliphatic rings. The van der Waals surface area contributed by atoms with Crippen molar-refractivity contribution < 1.29 is 18.1 Å². The van der Waals surface area contributed by atoms with E-state index in [9.17, 15) is 23.3 Å². The Morgan fingerprint density at radius 3 is 2.21 bits per heavy atom. The number of nitrogens with zero attached hydrogens (tertiary/aromatic N) is 5. The fourth-order valence-corrected chi connectivity index (χ4v) is 11.8. The van der Waals surface area contributed by atoms with E-state index in [1.165, 1.54) is 54.5 Å². The van der Waals surface area contributed by atoms with Crippen molar-refractivity contribution in [3.8, 4) is 11.1 Å². The lowest BCUT2D eigenvalue weighted by atomic mass is 9.71. The van der Waals surface area contributed by atoms with E-state index in [1.54, 1.807) is 23.9 Å². The molecule has 0 radical (unpaired) electrons. The normalized spacial score (nSPS) is 17.3. The minimum atomic E-state index is -4.45. The lowest BCUT2D eigenvalue weighted by Gasteiger charge is -2.44. The molecule has 3 heterocycles. The van der Waals surface area contributed by atoms with Crippen LogP contribution in [0.3, 0.4) is 0 Å². The van der Waals surface area contributed by atoms with Crippen LogP contribution in [-0.4, -0.2) is 119 Å². The molecule has 0 aromatic heterocycles. The zero-order valence-electron chi connectivity index (χ0n) is 39.0. The van der Waals surface area contributed by atoms with Crippen LogP contribution < -0.4 is 20.3 Å². The van der Waals surface area contributed by atoms with Gasteiger partial charge in [0.05, 0.1) is 9.82 Å². The molecule has 5 aromatic rings. The summed E-state index contributed by atoms with van der Waals surface area (Å²) in [5, 5.41) is 19.8. The molecule has 1 atom stereocenters. The summed E-state index contributed by atoms with van der Waals surface area (Å²) in [6.07, 6.45) is 5.86.